The maximum absolute atomic E-state index is 13.6. The number of halogens is 1. The standard InChI is InChI=1S/C24H22FN3O5S/c1-14-10-16(25)5-6-17(14)28-23(30)22-18(8-9-34-22)27(24(28)31)13-21(29)26-12-15-4-7-19(32-2)20(11-15)33-3/h4-11H,12-13H2,1-3H3,(H,26,29). The molecule has 0 aliphatic rings. The molecule has 0 fully saturated rings. The monoisotopic (exact) mass is 483 g/mol. The van der Waals surface area contributed by atoms with Crippen LogP contribution in [0.4, 0.5) is 4.39 Å². The van der Waals surface area contributed by atoms with Gasteiger partial charge in [-0.25, -0.2) is 13.8 Å². The predicted octanol–water partition coefficient (Wildman–Crippen LogP) is 3.00. The topological polar surface area (TPSA) is 91.6 Å². The van der Waals surface area contributed by atoms with Gasteiger partial charge in [-0.2, -0.15) is 0 Å². The molecule has 34 heavy (non-hydrogen) atoms. The van der Waals surface area contributed by atoms with E-state index in [9.17, 15) is 18.8 Å². The SMILES string of the molecule is COc1ccc(CNC(=O)Cn2c(=O)n(-c3ccc(F)cc3C)c(=O)c3sccc32)cc1OC. The fourth-order valence-corrected chi connectivity index (χ4v) is 4.54. The molecule has 4 rings (SSSR count). The lowest BCUT2D eigenvalue weighted by atomic mass is 10.2. The van der Waals surface area contributed by atoms with Crippen LogP contribution >= 0.6 is 11.3 Å². The van der Waals surface area contributed by atoms with Gasteiger partial charge in [-0.15, -0.1) is 11.3 Å². The zero-order valence-electron chi connectivity index (χ0n) is 18.8. The minimum absolute atomic E-state index is 0.206. The first kappa shape index (κ1) is 23.2. The molecule has 10 heteroatoms. The van der Waals surface area contributed by atoms with Crippen molar-refractivity contribution in [2.75, 3.05) is 14.2 Å². The summed E-state index contributed by atoms with van der Waals surface area (Å²) in [6.07, 6.45) is 0. The Morgan fingerprint density at radius 3 is 2.53 bits per heavy atom. The second-order valence-corrected chi connectivity index (χ2v) is 8.46. The van der Waals surface area contributed by atoms with E-state index in [1.165, 1.54) is 48.3 Å². The van der Waals surface area contributed by atoms with Gasteiger partial charge in [0, 0.05) is 6.54 Å². The maximum Gasteiger partial charge on any atom is 0.336 e. The van der Waals surface area contributed by atoms with Crippen molar-refractivity contribution < 1.29 is 18.7 Å². The van der Waals surface area contributed by atoms with Crippen molar-refractivity contribution >= 4 is 27.5 Å². The molecule has 1 amide bonds. The molecule has 8 nitrogen and oxygen atoms in total. The lowest BCUT2D eigenvalue weighted by Gasteiger charge is -2.14. The van der Waals surface area contributed by atoms with Crippen LogP contribution in [0.1, 0.15) is 11.1 Å². The van der Waals surface area contributed by atoms with Gasteiger partial charge in [-0.1, -0.05) is 6.07 Å². The first-order valence-electron chi connectivity index (χ1n) is 10.3. The van der Waals surface area contributed by atoms with E-state index < -0.39 is 23.0 Å². The lowest BCUT2D eigenvalue weighted by Crippen LogP contribution is -2.41. The van der Waals surface area contributed by atoms with Gasteiger partial charge >= 0.3 is 5.69 Å². The summed E-state index contributed by atoms with van der Waals surface area (Å²) in [5.41, 5.74) is 0.674. The smallest absolute Gasteiger partial charge is 0.336 e. The van der Waals surface area contributed by atoms with Crippen molar-refractivity contribution in [1.29, 1.82) is 0 Å². The normalized spacial score (nSPS) is 10.9. The van der Waals surface area contributed by atoms with Crippen LogP contribution in [-0.2, 0) is 17.9 Å². The van der Waals surface area contributed by atoms with Gasteiger partial charge in [-0.3, -0.25) is 14.2 Å². The largest absolute Gasteiger partial charge is 0.493 e. The second kappa shape index (κ2) is 9.52. The number of carbonyl (C=O) groups is 1. The van der Waals surface area contributed by atoms with E-state index in [1.54, 1.807) is 36.6 Å². The Hall–Kier alpha value is -3.92. The minimum atomic E-state index is -0.674. The van der Waals surface area contributed by atoms with Crippen molar-refractivity contribution in [1.82, 2.24) is 14.5 Å². The molecule has 2 heterocycles. The highest BCUT2D eigenvalue weighted by Gasteiger charge is 2.19. The number of amides is 1. The van der Waals surface area contributed by atoms with Crippen LogP contribution in [0.2, 0.25) is 0 Å². The first-order valence-corrected chi connectivity index (χ1v) is 11.2. The molecule has 0 radical (unpaired) electrons. The molecule has 0 saturated carbocycles. The molecule has 176 valence electrons. The van der Waals surface area contributed by atoms with Crippen LogP contribution < -0.4 is 26.0 Å². The van der Waals surface area contributed by atoms with E-state index in [-0.39, 0.29) is 18.8 Å². The average Bonchev–Trinajstić information content (AvgIpc) is 3.31. The van der Waals surface area contributed by atoms with E-state index in [1.807, 2.05) is 0 Å². The quantitative estimate of drug-likeness (QED) is 0.436. The Morgan fingerprint density at radius 1 is 1.06 bits per heavy atom. The number of hydrogen-bond donors (Lipinski definition) is 1. The highest BCUT2D eigenvalue weighted by atomic mass is 32.1. The molecular weight excluding hydrogens is 461 g/mol. The highest BCUT2D eigenvalue weighted by molar-refractivity contribution is 7.17. The number of benzene rings is 2. The number of nitrogens with one attached hydrogen (secondary N) is 1. The van der Waals surface area contributed by atoms with Gasteiger partial charge in [0.25, 0.3) is 5.56 Å². The number of fused-ring (bicyclic) bond motifs is 1. The van der Waals surface area contributed by atoms with Gasteiger partial charge in [0.15, 0.2) is 11.5 Å². The zero-order valence-corrected chi connectivity index (χ0v) is 19.6. The molecule has 1 N–H and O–H groups in total. The Bertz CT molecular complexity index is 1510. The van der Waals surface area contributed by atoms with Crippen molar-refractivity contribution in [3.05, 3.63) is 85.6 Å². The Labute approximate surface area is 197 Å². The van der Waals surface area contributed by atoms with Crippen LogP contribution in [0, 0.1) is 12.7 Å². The first-order chi connectivity index (χ1) is 16.3. The summed E-state index contributed by atoms with van der Waals surface area (Å²) in [6.45, 7) is 1.53. The number of ether oxygens (including phenoxy) is 2. The number of nitrogens with zero attached hydrogens (tertiary/aromatic N) is 2. The lowest BCUT2D eigenvalue weighted by molar-refractivity contribution is -0.121. The van der Waals surface area contributed by atoms with Crippen LogP contribution in [-0.4, -0.2) is 29.3 Å². The third-order valence-corrected chi connectivity index (χ3v) is 6.29. The van der Waals surface area contributed by atoms with Gasteiger partial charge in [-0.05, 0) is 59.8 Å². The summed E-state index contributed by atoms with van der Waals surface area (Å²) in [5, 5.41) is 4.47. The fraction of sp³-hybridized carbons (Fsp3) is 0.208. The zero-order chi connectivity index (χ0) is 24.4. The Balaban J connectivity index is 1.66. The highest BCUT2D eigenvalue weighted by Crippen LogP contribution is 2.27. The van der Waals surface area contributed by atoms with Crippen molar-refractivity contribution in [2.45, 2.75) is 20.0 Å². The second-order valence-electron chi connectivity index (χ2n) is 7.54. The van der Waals surface area contributed by atoms with Gasteiger partial charge in [0.2, 0.25) is 5.91 Å². The molecule has 0 bridgehead atoms. The van der Waals surface area contributed by atoms with Crippen molar-refractivity contribution in [3.63, 3.8) is 0 Å². The van der Waals surface area contributed by atoms with Crippen molar-refractivity contribution in [3.8, 4) is 17.2 Å². The molecule has 2 aromatic heterocycles. The molecule has 0 aliphatic heterocycles. The van der Waals surface area contributed by atoms with E-state index in [4.69, 9.17) is 9.47 Å². The molecule has 0 unspecified atom stereocenters. The number of aryl methyl sites for hydroxylation is 1. The van der Waals surface area contributed by atoms with E-state index in [0.717, 1.165) is 10.1 Å². The molecule has 2 aromatic carbocycles. The maximum atomic E-state index is 13.6. The molecule has 0 spiro atoms. The van der Waals surface area contributed by atoms with Crippen LogP contribution in [0.15, 0.2) is 57.4 Å². The minimum Gasteiger partial charge on any atom is -0.493 e. The van der Waals surface area contributed by atoms with E-state index in [2.05, 4.69) is 5.32 Å². The Morgan fingerprint density at radius 2 is 1.82 bits per heavy atom. The van der Waals surface area contributed by atoms with Crippen molar-refractivity contribution in [2.24, 2.45) is 0 Å². The average molecular weight is 484 g/mol. The number of rotatable bonds is 7. The summed E-state index contributed by atoms with van der Waals surface area (Å²) in [7, 11) is 3.06. The van der Waals surface area contributed by atoms with E-state index >= 15 is 0 Å². The predicted molar refractivity (Wildman–Crippen MR) is 128 cm³/mol. The molecule has 4 aromatic rings. The fourth-order valence-electron chi connectivity index (χ4n) is 3.71. The van der Waals surface area contributed by atoms with E-state index in [0.29, 0.717) is 27.3 Å². The summed E-state index contributed by atoms with van der Waals surface area (Å²) in [6, 6.07) is 10.7. The Kier molecular flexibility index (Phi) is 6.51. The third-order valence-electron chi connectivity index (χ3n) is 5.39. The number of hydrogen-bond acceptors (Lipinski definition) is 6. The summed E-state index contributed by atoms with van der Waals surface area (Å²) < 4.78 is 26.7. The summed E-state index contributed by atoms with van der Waals surface area (Å²) in [5.74, 6) is 0.223. The molecule has 0 aliphatic carbocycles. The summed E-state index contributed by atoms with van der Waals surface area (Å²) in [4.78, 5) is 39.1. The van der Waals surface area contributed by atoms with Crippen LogP contribution in [0.5, 0.6) is 11.5 Å². The molecular formula is C24H22FN3O5S. The van der Waals surface area contributed by atoms with Crippen LogP contribution in [0.3, 0.4) is 0 Å². The molecule has 0 atom stereocenters. The number of carbonyl (C=O) groups excluding carboxylic acids is 1. The van der Waals surface area contributed by atoms with Gasteiger partial charge in [0.1, 0.15) is 17.1 Å². The van der Waals surface area contributed by atoms with Crippen LogP contribution in [0.25, 0.3) is 15.9 Å². The number of thiophene rings is 1. The number of aromatic nitrogens is 2. The summed E-state index contributed by atoms with van der Waals surface area (Å²) >= 11 is 1.17. The van der Waals surface area contributed by atoms with Gasteiger partial charge < -0.3 is 14.8 Å². The third kappa shape index (κ3) is 4.32. The molecule has 0 saturated heterocycles. The van der Waals surface area contributed by atoms with Gasteiger partial charge in [0.05, 0.1) is 25.4 Å². The number of methoxy groups -OCH3 is 2.